The number of carbonyl (C=O) groups excluding carboxylic acids is 3. The van der Waals surface area contributed by atoms with Crippen LogP contribution < -0.4 is 0 Å². The number of carbonyl (C=O) groups is 3. The Hall–Kier alpha value is -2.30. The van der Waals surface area contributed by atoms with Gasteiger partial charge in [-0.25, -0.2) is 4.57 Å². The van der Waals surface area contributed by atoms with E-state index in [0.29, 0.717) is 19.3 Å². The Morgan fingerprint density at radius 1 is 0.341 bits per heavy atom. The van der Waals surface area contributed by atoms with Crippen molar-refractivity contribution in [3.63, 3.8) is 0 Å². The summed E-state index contributed by atoms with van der Waals surface area (Å²) in [6.07, 6.45) is 70.9. The van der Waals surface area contributed by atoms with Gasteiger partial charge in [0, 0.05) is 19.3 Å². The monoisotopic (exact) mass is 1180 g/mol. The first-order chi connectivity index (χ1) is 40.2. The molecule has 0 spiro atoms. The van der Waals surface area contributed by atoms with E-state index in [1.54, 1.807) is 0 Å². The summed E-state index contributed by atoms with van der Waals surface area (Å²) >= 11 is 0. The quantitative estimate of drug-likeness (QED) is 0.0197. The molecule has 0 heterocycles. The Kier molecular flexibility index (Phi) is 62.9. The highest BCUT2D eigenvalue weighted by Gasteiger charge is 2.28. The van der Waals surface area contributed by atoms with Gasteiger partial charge in [0.2, 0.25) is 0 Å². The zero-order chi connectivity index (χ0) is 59.8. The van der Waals surface area contributed by atoms with Crippen LogP contribution in [0.5, 0.6) is 0 Å². The van der Waals surface area contributed by atoms with Crippen molar-refractivity contribution in [3.8, 4) is 0 Å². The van der Waals surface area contributed by atoms with Crippen molar-refractivity contribution in [1.82, 2.24) is 0 Å². The van der Waals surface area contributed by atoms with E-state index in [1.165, 1.54) is 205 Å². The lowest BCUT2D eigenvalue weighted by molar-refractivity contribution is -0.161. The van der Waals surface area contributed by atoms with Gasteiger partial charge in [-0.05, 0) is 57.8 Å². The van der Waals surface area contributed by atoms with E-state index in [-0.39, 0.29) is 25.9 Å². The van der Waals surface area contributed by atoms with Crippen molar-refractivity contribution in [2.75, 3.05) is 26.4 Å². The van der Waals surface area contributed by atoms with Gasteiger partial charge < -0.3 is 24.2 Å². The zero-order valence-electron chi connectivity index (χ0n) is 53.7. The summed E-state index contributed by atoms with van der Waals surface area (Å²) in [6.45, 7) is 4.70. The number of esters is 3. The fraction of sp³-hybridized carbons (Fsp3) is 0.871. The average Bonchev–Trinajstić information content (AvgIpc) is 3.50. The van der Waals surface area contributed by atoms with Crippen molar-refractivity contribution >= 4 is 25.7 Å². The van der Waals surface area contributed by atoms with E-state index in [0.717, 1.165) is 89.9 Å². The molecule has 0 bridgehead atoms. The lowest BCUT2D eigenvalue weighted by Crippen LogP contribution is -2.30. The minimum Gasteiger partial charge on any atom is -0.462 e. The number of hydrogen-bond acceptors (Lipinski definition) is 10. The first-order valence-electron chi connectivity index (χ1n) is 34.9. The Bertz CT molecular complexity index is 1520. The largest absolute Gasteiger partial charge is 0.472 e. The summed E-state index contributed by atoms with van der Waals surface area (Å²) in [5.74, 6) is -1.45. The highest BCUT2D eigenvalue weighted by molar-refractivity contribution is 7.47. The zero-order valence-corrected chi connectivity index (χ0v) is 54.6. The number of aliphatic hydroxyl groups is 1. The van der Waals surface area contributed by atoms with E-state index in [2.05, 4.69) is 57.2 Å². The van der Waals surface area contributed by atoms with Crippen LogP contribution in [0.4, 0.5) is 0 Å². The molecule has 3 unspecified atom stereocenters. The normalized spacial score (nSPS) is 13.4. The molecular formula is C70H131O11P. The van der Waals surface area contributed by atoms with Crippen LogP contribution in [0.15, 0.2) is 36.5 Å². The predicted octanol–water partition coefficient (Wildman–Crippen LogP) is 21.5. The number of aliphatic hydroxyl groups excluding tert-OH is 1. The number of ether oxygens (including phenoxy) is 3. The smallest absolute Gasteiger partial charge is 0.462 e. The van der Waals surface area contributed by atoms with Gasteiger partial charge >= 0.3 is 25.7 Å². The Labute approximate surface area is 505 Å². The standard InChI is InChI=1S/C70H131O11P/c1-4-7-10-13-16-19-22-25-28-31-33-36-39-42-45-48-51-54-57-60-69(73)80-66(62-71)64-78-82(75,76)79-65-67(63-77-68(72)59-56-53-50-47-44-41-38-35-30-27-24-21-18-15-12-9-6-3)81-70(74)61-58-55-52-49-46-43-40-37-34-32-29-26-23-20-17-14-11-8-5-2/h17,20,26,29,34,37,66-67,71H,4-16,18-19,21-25,27-28,30-33,35-36,38-65H2,1-3H3,(H,75,76)/b20-17-,29-26-,37-34-. The number of rotatable bonds is 66. The second kappa shape index (κ2) is 64.7. The Morgan fingerprint density at radius 2 is 0.598 bits per heavy atom. The third kappa shape index (κ3) is 62.2. The molecule has 0 aromatic rings. The molecule has 11 nitrogen and oxygen atoms in total. The first kappa shape index (κ1) is 79.7. The van der Waals surface area contributed by atoms with Gasteiger partial charge in [0.25, 0.3) is 0 Å². The maximum Gasteiger partial charge on any atom is 0.472 e. The Balaban J connectivity index is 4.64. The molecule has 0 radical (unpaired) electrons. The minimum atomic E-state index is -4.75. The number of unbranched alkanes of at least 4 members (excludes halogenated alkanes) is 43. The van der Waals surface area contributed by atoms with Gasteiger partial charge in [0.05, 0.1) is 19.8 Å². The summed E-state index contributed by atoms with van der Waals surface area (Å²) in [4.78, 5) is 48.9. The average molecular weight is 1180 g/mol. The molecule has 0 aromatic heterocycles. The van der Waals surface area contributed by atoms with Crippen molar-refractivity contribution in [3.05, 3.63) is 36.5 Å². The fourth-order valence-corrected chi connectivity index (χ4v) is 11.0. The van der Waals surface area contributed by atoms with Crippen LogP contribution in [0.1, 0.15) is 355 Å². The van der Waals surface area contributed by atoms with Crippen molar-refractivity contribution in [2.45, 2.75) is 367 Å². The highest BCUT2D eigenvalue weighted by Crippen LogP contribution is 2.43. The molecule has 12 heteroatoms. The van der Waals surface area contributed by atoms with E-state index < -0.39 is 57.8 Å². The van der Waals surface area contributed by atoms with Gasteiger partial charge in [-0.1, -0.05) is 314 Å². The van der Waals surface area contributed by atoms with Crippen LogP contribution in [0, 0.1) is 0 Å². The molecule has 0 fully saturated rings. The molecule has 3 atom stereocenters. The summed E-state index contributed by atoms with van der Waals surface area (Å²) in [5, 5.41) is 9.88. The summed E-state index contributed by atoms with van der Waals surface area (Å²) in [5.41, 5.74) is 0. The predicted molar refractivity (Wildman–Crippen MR) is 344 cm³/mol. The molecule has 0 aliphatic carbocycles. The summed E-state index contributed by atoms with van der Waals surface area (Å²) in [7, 11) is -4.75. The van der Waals surface area contributed by atoms with Crippen molar-refractivity contribution in [2.24, 2.45) is 0 Å². The lowest BCUT2D eigenvalue weighted by Gasteiger charge is -2.21. The molecule has 2 N–H and O–H groups in total. The van der Waals surface area contributed by atoms with Crippen LogP contribution >= 0.6 is 7.82 Å². The van der Waals surface area contributed by atoms with Crippen LogP contribution in [-0.4, -0.2) is 66.5 Å². The molecule has 0 aliphatic heterocycles. The number of phosphoric acid groups is 1. The van der Waals surface area contributed by atoms with Gasteiger partial charge in [-0.2, -0.15) is 0 Å². The van der Waals surface area contributed by atoms with Crippen LogP contribution in [0.3, 0.4) is 0 Å². The van der Waals surface area contributed by atoms with Gasteiger partial charge in [-0.3, -0.25) is 23.4 Å². The fourth-order valence-electron chi connectivity index (χ4n) is 10.3. The van der Waals surface area contributed by atoms with E-state index in [1.807, 2.05) is 0 Å². The lowest BCUT2D eigenvalue weighted by atomic mass is 10.0. The highest BCUT2D eigenvalue weighted by atomic mass is 31.2. The van der Waals surface area contributed by atoms with E-state index >= 15 is 0 Å². The van der Waals surface area contributed by atoms with Crippen molar-refractivity contribution < 1.29 is 52.2 Å². The third-order valence-corrected chi connectivity index (χ3v) is 16.5. The third-order valence-electron chi connectivity index (χ3n) is 15.6. The summed E-state index contributed by atoms with van der Waals surface area (Å²) in [6, 6.07) is 0. The molecule has 82 heavy (non-hydrogen) atoms. The van der Waals surface area contributed by atoms with E-state index in [9.17, 15) is 28.9 Å². The maximum absolute atomic E-state index is 13.0. The summed E-state index contributed by atoms with van der Waals surface area (Å²) < 4.78 is 39.8. The molecule has 0 saturated heterocycles. The molecule has 0 rings (SSSR count). The second-order valence-electron chi connectivity index (χ2n) is 23.7. The Morgan fingerprint density at radius 3 is 0.939 bits per heavy atom. The number of hydrogen-bond donors (Lipinski definition) is 2. The molecule has 0 amide bonds. The topological polar surface area (TPSA) is 155 Å². The number of phosphoric ester groups is 1. The molecule has 0 aliphatic rings. The minimum absolute atomic E-state index is 0.158. The van der Waals surface area contributed by atoms with Crippen LogP contribution in [-0.2, 0) is 42.2 Å². The van der Waals surface area contributed by atoms with Gasteiger partial charge in [0.15, 0.2) is 6.10 Å². The molecule has 0 saturated carbocycles. The number of allylic oxidation sites excluding steroid dienone is 6. The second-order valence-corrected chi connectivity index (χ2v) is 25.2. The molecular weight excluding hydrogens is 1050 g/mol. The van der Waals surface area contributed by atoms with Crippen LogP contribution in [0.2, 0.25) is 0 Å². The molecule has 0 aromatic carbocycles. The maximum atomic E-state index is 13.0. The van der Waals surface area contributed by atoms with Crippen LogP contribution in [0.25, 0.3) is 0 Å². The molecule has 482 valence electrons. The van der Waals surface area contributed by atoms with Gasteiger partial charge in [0.1, 0.15) is 12.7 Å². The first-order valence-corrected chi connectivity index (χ1v) is 36.4. The van der Waals surface area contributed by atoms with E-state index in [4.69, 9.17) is 23.3 Å². The van der Waals surface area contributed by atoms with Crippen molar-refractivity contribution in [1.29, 1.82) is 0 Å². The SMILES string of the molecule is CCCCC/C=C\C/C=C\C/C=C\CCCCCCCCC(=O)OC(COC(=O)CCCCCCCCCCCCCCCCCCC)COP(=O)(O)OCC(CO)OC(=O)CCCCCCCCCCCCCCCCCCCCC. The van der Waals surface area contributed by atoms with Gasteiger partial charge in [-0.15, -0.1) is 0 Å².